The number of esters is 1. The van der Waals surface area contributed by atoms with Gasteiger partial charge in [-0.2, -0.15) is 0 Å². The van der Waals surface area contributed by atoms with E-state index < -0.39 is 11.6 Å². The Morgan fingerprint density at radius 2 is 2.00 bits per heavy atom. The molecule has 0 amide bonds. The molecule has 0 spiro atoms. The monoisotopic (exact) mass is 312 g/mol. The van der Waals surface area contributed by atoms with E-state index in [1.54, 1.807) is 18.2 Å². The van der Waals surface area contributed by atoms with Crippen LogP contribution in [0.1, 0.15) is 33.3 Å². The summed E-state index contributed by atoms with van der Waals surface area (Å²) in [5.74, 6) is 0.608. The average molecular weight is 313 g/mol. The van der Waals surface area contributed by atoms with Crippen LogP contribution in [0.5, 0.6) is 11.5 Å². The van der Waals surface area contributed by atoms with Crippen molar-refractivity contribution < 1.29 is 19.0 Å². The van der Waals surface area contributed by atoms with Gasteiger partial charge < -0.3 is 14.2 Å². The van der Waals surface area contributed by atoms with Crippen molar-refractivity contribution in [1.29, 1.82) is 0 Å². The molecule has 0 aliphatic heterocycles. The predicted molar refractivity (Wildman–Crippen MR) is 84.1 cm³/mol. The third kappa shape index (κ3) is 5.68. The van der Waals surface area contributed by atoms with E-state index in [4.69, 9.17) is 25.8 Å². The Hall–Kier alpha value is -1.68. The molecular weight excluding hydrogens is 292 g/mol. The van der Waals surface area contributed by atoms with Crippen LogP contribution in [0.3, 0.4) is 0 Å². The minimum Gasteiger partial charge on any atom is -0.491 e. The van der Waals surface area contributed by atoms with E-state index >= 15 is 0 Å². The second-order valence-electron chi connectivity index (χ2n) is 5.33. The lowest BCUT2D eigenvalue weighted by Gasteiger charge is -2.18. The van der Waals surface area contributed by atoms with Gasteiger partial charge >= 0.3 is 5.97 Å². The highest BCUT2D eigenvalue weighted by atomic mass is 35.5. The number of hydrogen-bond acceptors (Lipinski definition) is 4. The first-order valence-corrected chi connectivity index (χ1v) is 7.06. The Morgan fingerprint density at radius 1 is 1.33 bits per heavy atom. The maximum atomic E-state index is 11.7. The van der Waals surface area contributed by atoms with Crippen LogP contribution in [0, 0.1) is 0 Å². The fourth-order valence-electron chi connectivity index (χ4n) is 1.65. The predicted octanol–water partition coefficient (Wildman–Crippen LogP) is 4.10. The molecule has 0 saturated carbocycles. The molecule has 1 aromatic rings. The van der Waals surface area contributed by atoms with Gasteiger partial charge in [0.2, 0.25) is 0 Å². The van der Waals surface area contributed by atoms with Crippen molar-refractivity contribution in [2.45, 2.75) is 33.3 Å². The van der Waals surface area contributed by atoms with Crippen molar-refractivity contribution in [2.24, 2.45) is 0 Å². The van der Waals surface area contributed by atoms with Crippen LogP contribution in [0.25, 0.3) is 6.08 Å². The van der Waals surface area contributed by atoms with Gasteiger partial charge in [-0.25, -0.2) is 4.79 Å². The molecule has 0 radical (unpaired) electrons. The highest BCUT2D eigenvalue weighted by molar-refractivity contribution is 6.32. The fourth-order valence-corrected chi connectivity index (χ4v) is 1.94. The smallest absolute Gasteiger partial charge is 0.331 e. The highest BCUT2D eigenvalue weighted by Crippen LogP contribution is 2.36. The zero-order valence-electron chi connectivity index (χ0n) is 13.0. The Labute approximate surface area is 130 Å². The highest BCUT2D eigenvalue weighted by Gasteiger charge is 2.14. The first-order valence-electron chi connectivity index (χ1n) is 6.68. The number of benzene rings is 1. The van der Waals surface area contributed by atoms with E-state index in [0.717, 1.165) is 5.56 Å². The first-order chi connectivity index (χ1) is 9.76. The van der Waals surface area contributed by atoms with E-state index in [9.17, 15) is 4.79 Å². The summed E-state index contributed by atoms with van der Waals surface area (Å²) in [5, 5.41) is 0.423. The van der Waals surface area contributed by atoms with E-state index in [-0.39, 0.29) is 0 Å². The van der Waals surface area contributed by atoms with Crippen molar-refractivity contribution in [1.82, 2.24) is 0 Å². The number of carbonyl (C=O) groups excluding carboxylic acids is 1. The van der Waals surface area contributed by atoms with E-state index in [2.05, 4.69) is 0 Å². The third-order valence-electron chi connectivity index (χ3n) is 2.35. The molecule has 0 unspecified atom stereocenters. The molecular formula is C16H21ClO4. The second-order valence-corrected chi connectivity index (χ2v) is 5.74. The third-order valence-corrected chi connectivity index (χ3v) is 2.64. The Morgan fingerprint density at radius 3 is 2.52 bits per heavy atom. The molecule has 0 atom stereocenters. The average Bonchev–Trinajstić information content (AvgIpc) is 2.34. The molecule has 0 aromatic heterocycles. The summed E-state index contributed by atoms with van der Waals surface area (Å²) in [4.78, 5) is 11.7. The molecule has 21 heavy (non-hydrogen) atoms. The zero-order valence-corrected chi connectivity index (χ0v) is 13.8. The molecule has 0 bridgehead atoms. The van der Waals surface area contributed by atoms with Gasteiger partial charge in [0.05, 0.1) is 18.7 Å². The van der Waals surface area contributed by atoms with E-state index in [1.165, 1.54) is 13.2 Å². The summed E-state index contributed by atoms with van der Waals surface area (Å²) in [5.41, 5.74) is 0.213. The van der Waals surface area contributed by atoms with Crippen molar-refractivity contribution in [2.75, 3.05) is 13.7 Å². The van der Waals surface area contributed by atoms with Crippen LogP contribution in [0.15, 0.2) is 18.2 Å². The van der Waals surface area contributed by atoms with Crippen LogP contribution >= 0.6 is 11.6 Å². The molecule has 0 fully saturated rings. The number of halogens is 1. The second kappa shape index (κ2) is 7.36. The SMILES string of the molecule is CCOc1cc(/C=C/C(=O)OC(C)(C)C)cc(Cl)c1OC. The Bertz CT molecular complexity index is 530. The van der Waals surface area contributed by atoms with Gasteiger partial charge in [-0.15, -0.1) is 0 Å². The fraction of sp³-hybridized carbons (Fsp3) is 0.438. The molecule has 1 rings (SSSR count). The zero-order chi connectivity index (χ0) is 16.0. The summed E-state index contributed by atoms with van der Waals surface area (Å²) in [7, 11) is 1.53. The molecule has 1 aromatic carbocycles. The largest absolute Gasteiger partial charge is 0.491 e. The molecule has 0 heterocycles. The van der Waals surface area contributed by atoms with E-state index in [0.29, 0.717) is 23.1 Å². The van der Waals surface area contributed by atoms with Crippen LogP contribution in [0.4, 0.5) is 0 Å². The number of hydrogen-bond donors (Lipinski definition) is 0. The standard InChI is InChI=1S/C16H21ClO4/c1-6-20-13-10-11(9-12(17)15(13)19-5)7-8-14(18)21-16(2,3)4/h7-10H,6H2,1-5H3/b8-7+. The van der Waals surface area contributed by atoms with Crippen LogP contribution in [-0.4, -0.2) is 25.3 Å². The quantitative estimate of drug-likeness (QED) is 0.606. The van der Waals surface area contributed by atoms with E-state index in [1.807, 2.05) is 27.7 Å². The number of rotatable bonds is 5. The molecule has 5 heteroatoms. The number of methoxy groups -OCH3 is 1. The van der Waals surface area contributed by atoms with Gasteiger partial charge in [0.15, 0.2) is 11.5 Å². The normalized spacial score (nSPS) is 11.5. The molecule has 0 saturated heterocycles. The molecule has 4 nitrogen and oxygen atoms in total. The summed E-state index contributed by atoms with van der Waals surface area (Å²) in [6, 6.07) is 3.46. The summed E-state index contributed by atoms with van der Waals surface area (Å²) in [6.45, 7) is 7.81. The molecule has 0 aliphatic carbocycles. The molecule has 0 N–H and O–H groups in total. The summed E-state index contributed by atoms with van der Waals surface area (Å²) in [6.07, 6.45) is 2.99. The number of carbonyl (C=O) groups is 1. The van der Waals surface area contributed by atoms with Gasteiger partial charge in [0.25, 0.3) is 0 Å². The van der Waals surface area contributed by atoms with Crippen LogP contribution in [0.2, 0.25) is 5.02 Å². The van der Waals surface area contributed by atoms with Gasteiger partial charge in [-0.3, -0.25) is 0 Å². The Balaban J connectivity index is 2.96. The number of ether oxygens (including phenoxy) is 3. The lowest BCUT2D eigenvalue weighted by molar-refractivity contribution is -0.148. The maximum Gasteiger partial charge on any atom is 0.331 e. The van der Waals surface area contributed by atoms with Crippen LogP contribution < -0.4 is 9.47 Å². The molecule has 116 valence electrons. The maximum absolute atomic E-state index is 11.7. The topological polar surface area (TPSA) is 44.8 Å². The lowest BCUT2D eigenvalue weighted by Crippen LogP contribution is -2.22. The van der Waals surface area contributed by atoms with Crippen molar-refractivity contribution in [3.8, 4) is 11.5 Å². The minimum atomic E-state index is -0.518. The van der Waals surface area contributed by atoms with Crippen molar-refractivity contribution in [3.05, 3.63) is 28.8 Å². The Kier molecular flexibility index (Phi) is 6.09. The van der Waals surface area contributed by atoms with Crippen molar-refractivity contribution >= 4 is 23.6 Å². The summed E-state index contributed by atoms with van der Waals surface area (Å²) < 4.78 is 15.9. The summed E-state index contributed by atoms with van der Waals surface area (Å²) >= 11 is 6.14. The first kappa shape index (κ1) is 17.4. The lowest BCUT2D eigenvalue weighted by atomic mass is 10.1. The van der Waals surface area contributed by atoms with Gasteiger partial charge in [-0.05, 0) is 51.5 Å². The molecule has 0 aliphatic rings. The minimum absolute atomic E-state index is 0.410. The van der Waals surface area contributed by atoms with Gasteiger partial charge in [0.1, 0.15) is 5.60 Å². The van der Waals surface area contributed by atoms with Gasteiger partial charge in [0, 0.05) is 6.08 Å². The van der Waals surface area contributed by atoms with Gasteiger partial charge in [-0.1, -0.05) is 11.6 Å². The van der Waals surface area contributed by atoms with Crippen LogP contribution in [-0.2, 0) is 9.53 Å². The van der Waals surface area contributed by atoms with Crippen molar-refractivity contribution in [3.63, 3.8) is 0 Å².